The number of benzene rings is 1. The first-order valence-electron chi connectivity index (χ1n) is 6.51. The number of likely N-dealkylation sites (N-methyl/N-ethyl adjacent to an activating group) is 1. The minimum atomic E-state index is 0.378. The number of hydrogen-bond donors (Lipinski definition) is 1. The van der Waals surface area contributed by atoms with Crippen molar-refractivity contribution in [3.05, 3.63) is 36.2 Å². The summed E-state index contributed by atoms with van der Waals surface area (Å²) in [6.45, 7) is 4.39. The van der Waals surface area contributed by atoms with Gasteiger partial charge in [-0.05, 0) is 42.1 Å². The van der Waals surface area contributed by atoms with Crippen molar-refractivity contribution in [3.8, 4) is 5.69 Å². The first kappa shape index (κ1) is 12.3. The Labute approximate surface area is 112 Å². The van der Waals surface area contributed by atoms with Crippen molar-refractivity contribution in [2.24, 2.45) is 0 Å². The van der Waals surface area contributed by atoms with E-state index in [0.717, 1.165) is 18.8 Å². The normalized spacial score (nSPS) is 17.4. The molecule has 1 saturated heterocycles. The first-order valence-corrected chi connectivity index (χ1v) is 6.51. The van der Waals surface area contributed by atoms with E-state index in [1.165, 1.54) is 5.56 Å². The van der Waals surface area contributed by atoms with Crippen LogP contribution < -0.4 is 5.32 Å². The fourth-order valence-corrected chi connectivity index (χ4v) is 2.32. The number of tetrazole rings is 1. The fourth-order valence-electron chi connectivity index (χ4n) is 2.32. The van der Waals surface area contributed by atoms with Gasteiger partial charge in [-0.3, -0.25) is 4.90 Å². The molecule has 0 radical (unpaired) electrons. The molecule has 0 aliphatic carbocycles. The second-order valence-electron chi connectivity index (χ2n) is 5.00. The zero-order valence-corrected chi connectivity index (χ0v) is 11.2. The predicted molar refractivity (Wildman–Crippen MR) is 72.0 cm³/mol. The minimum absolute atomic E-state index is 0.378. The second kappa shape index (κ2) is 5.07. The van der Waals surface area contributed by atoms with Gasteiger partial charge in [0, 0.05) is 25.2 Å². The van der Waals surface area contributed by atoms with Crippen molar-refractivity contribution < 1.29 is 0 Å². The monoisotopic (exact) mass is 258 g/mol. The minimum Gasteiger partial charge on any atom is -0.314 e. The van der Waals surface area contributed by atoms with Crippen LogP contribution in [0.3, 0.4) is 0 Å². The molecule has 0 amide bonds. The molecule has 1 aromatic heterocycles. The van der Waals surface area contributed by atoms with Gasteiger partial charge in [-0.25, -0.2) is 4.68 Å². The highest BCUT2D eigenvalue weighted by Gasteiger charge is 2.25. The third-order valence-electron chi connectivity index (χ3n) is 3.91. The molecule has 19 heavy (non-hydrogen) atoms. The summed E-state index contributed by atoms with van der Waals surface area (Å²) in [5, 5.41) is 14.6. The van der Waals surface area contributed by atoms with E-state index in [2.05, 4.69) is 57.9 Å². The summed E-state index contributed by atoms with van der Waals surface area (Å²) in [5.74, 6) is 0. The Hall–Kier alpha value is -1.79. The summed E-state index contributed by atoms with van der Waals surface area (Å²) < 4.78 is 1.68. The van der Waals surface area contributed by atoms with E-state index in [4.69, 9.17) is 0 Å². The Morgan fingerprint density at radius 3 is 2.89 bits per heavy atom. The van der Waals surface area contributed by atoms with Crippen LogP contribution >= 0.6 is 0 Å². The van der Waals surface area contributed by atoms with Gasteiger partial charge in [-0.1, -0.05) is 12.1 Å². The molecule has 100 valence electrons. The van der Waals surface area contributed by atoms with Gasteiger partial charge in [0.15, 0.2) is 0 Å². The van der Waals surface area contributed by atoms with E-state index in [-0.39, 0.29) is 0 Å². The molecule has 0 bridgehead atoms. The molecular weight excluding hydrogens is 240 g/mol. The van der Waals surface area contributed by atoms with Gasteiger partial charge in [0.05, 0.1) is 5.69 Å². The predicted octanol–water partition coefficient (Wildman–Crippen LogP) is 0.627. The van der Waals surface area contributed by atoms with Crippen LogP contribution in [0.2, 0.25) is 0 Å². The average Bonchev–Trinajstić information content (AvgIpc) is 2.90. The molecule has 1 atom stereocenters. The molecule has 2 aromatic rings. The smallest absolute Gasteiger partial charge is 0.143 e. The van der Waals surface area contributed by atoms with Gasteiger partial charge in [0.25, 0.3) is 0 Å². The standard InChI is InChI=1S/C13H18N6/c1-10(18(2)13-7-14-8-13)11-4-3-5-12(6-11)19-9-15-16-17-19/h3-6,9-10,13-14H,7-8H2,1-2H3. The summed E-state index contributed by atoms with van der Waals surface area (Å²) >= 11 is 0. The lowest BCUT2D eigenvalue weighted by atomic mass is 10.0. The Morgan fingerprint density at radius 1 is 1.42 bits per heavy atom. The lowest BCUT2D eigenvalue weighted by molar-refractivity contribution is 0.136. The zero-order valence-electron chi connectivity index (χ0n) is 11.2. The average molecular weight is 258 g/mol. The molecule has 1 fully saturated rings. The topological polar surface area (TPSA) is 58.9 Å². The highest BCUT2D eigenvalue weighted by atomic mass is 15.5. The Bertz CT molecular complexity index is 534. The van der Waals surface area contributed by atoms with Crippen LogP contribution in [0.15, 0.2) is 30.6 Å². The Kier molecular flexibility index (Phi) is 3.27. The third-order valence-corrected chi connectivity index (χ3v) is 3.91. The van der Waals surface area contributed by atoms with Crippen molar-refractivity contribution in [1.82, 2.24) is 30.4 Å². The van der Waals surface area contributed by atoms with Crippen LogP contribution in [0, 0.1) is 0 Å². The van der Waals surface area contributed by atoms with Crippen LogP contribution in [0.5, 0.6) is 0 Å². The lowest BCUT2D eigenvalue weighted by Crippen LogP contribution is -2.56. The summed E-state index contributed by atoms with van der Waals surface area (Å²) in [4.78, 5) is 2.41. The third kappa shape index (κ3) is 2.36. The van der Waals surface area contributed by atoms with Crippen molar-refractivity contribution in [2.75, 3.05) is 20.1 Å². The molecule has 1 aliphatic heterocycles. The van der Waals surface area contributed by atoms with Crippen LogP contribution in [-0.4, -0.2) is 51.3 Å². The molecule has 6 heteroatoms. The van der Waals surface area contributed by atoms with Crippen LogP contribution in [-0.2, 0) is 0 Å². The largest absolute Gasteiger partial charge is 0.314 e. The molecule has 1 N–H and O–H groups in total. The van der Waals surface area contributed by atoms with Crippen LogP contribution in [0.25, 0.3) is 5.69 Å². The Balaban J connectivity index is 1.82. The maximum atomic E-state index is 3.93. The summed E-state index contributed by atoms with van der Waals surface area (Å²) in [6, 6.07) is 9.37. The van der Waals surface area contributed by atoms with E-state index in [1.54, 1.807) is 11.0 Å². The molecular formula is C13H18N6. The Morgan fingerprint density at radius 2 is 2.26 bits per heavy atom. The molecule has 1 aromatic carbocycles. The second-order valence-corrected chi connectivity index (χ2v) is 5.00. The van der Waals surface area contributed by atoms with Crippen molar-refractivity contribution in [3.63, 3.8) is 0 Å². The summed E-state index contributed by atoms with van der Waals surface area (Å²) in [7, 11) is 2.18. The quantitative estimate of drug-likeness (QED) is 0.871. The highest BCUT2D eigenvalue weighted by molar-refractivity contribution is 5.35. The van der Waals surface area contributed by atoms with Crippen molar-refractivity contribution >= 4 is 0 Å². The van der Waals surface area contributed by atoms with Crippen molar-refractivity contribution in [2.45, 2.75) is 19.0 Å². The van der Waals surface area contributed by atoms with E-state index >= 15 is 0 Å². The molecule has 1 aliphatic rings. The number of nitrogens with one attached hydrogen (secondary N) is 1. The highest BCUT2D eigenvalue weighted by Crippen LogP contribution is 2.23. The zero-order chi connectivity index (χ0) is 13.2. The molecule has 3 rings (SSSR count). The maximum absolute atomic E-state index is 3.93. The van der Waals surface area contributed by atoms with Gasteiger partial charge in [0.2, 0.25) is 0 Å². The van der Waals surface area contributed by atoms with Gasteiger partial charge < -0.3 is 5.32 Å². The molecule has 6 nitrogen and oxygen atoms in total. The fraction of sp³-hybridized carbons (Fsp3) is 0.462. The number of aromatic nitrogens is 4. The first-order chi connectivity index (χ1) is 9.25. The molecule has 1 unspecified atom stereocenters. The maximum Gasteiger partial charge on any atom is 0.143 e. The SMILES string of the molecule is CC(c1cccc(-n2cnnn2)c1)N(C)C1CNC1. The summed E-state index contributed by atoms with van der Waals surface area (Å²) in [6.07, 6.45) is 1.61. The van der Waals surface area contributed by atoms with Gasteiger partial charge in [-0.2, -0.15) is 0 Å². The molecule has 0 saturated carbocycles. The number of rotatable bonds is 4. The lowest BCUT2D eigenvalue weighted by Gasteiger charge is -2.39. The van der Waals surface area contributed by atoms with Gasteiger partial charge in [-0.15, -0.1) is 5.10 Å². The summed E-state index contributed by atoms with van der Waals surface area (Å²) in [5.41, 5.74) is 2.27. The van der Waals surface area contributed by atoms with Crippen LogP contribution in [0.4, 0.5) is 0 Å². The molecule has 0 spiro atoms. The van der Waals surface area contributed by atoms with E-state index in [0.29, 0.717) is 12.1 Å². The van der Waals surface area contributed by atoms with Gasteiger partial charge in [0.1, 0.15) is 6.33 Å². The van der Waals surface area contributed by atoms with Crippen molar-refractivity contribution in [1.29, 1.82) is 0 Å². The molecule has 2 heterocycles. The van der Waals surface area contributed by atoms with E-state index in [9.17, 15) is 0 Å². The van der Waals surface area contributed by atoms with E-state index < -0.39 is 0 Å². The van der Waals surface area contributed by atoms with Crippen LogP contribution in [0.1, 0.15) is 18.5 Å². The van der Waals surface area contributed by atoms with E-state index in [1.807, 2.05) is 6.07 Å². The number of nitrogens with zero attached hydrogens (tertiary/aromatic N) is 5. The van der Waals surface area contributed by atoms with Gasteiger partial charge >= 0.3 is 0 Å². The number of hydrogen-bond acceptors (Lipinski definition) is 5.